The Kier molecular flexibility index (Phi) is 7.96. The van der Waals surface area contributed by atoms with E-state index in [-0.39, 0.29) is 0 Å². The summed E-state index contributed by atoms with van der Waals surface area (Å²) in [6.45, 7) is 2.60. The smallest absolute Gasteiger partial charge is 0.101 e. The number of hydrogen-bond donors (Lipinski definition) is 1. The third kappa shape index (κ3) is 8.36. The number of nitriles is 1. The molecule has 2 N–H and O–H groups in total. The van der Waals surface area contributed by atoms with Gasteiger partial charge in [-0.25, -0.2) is 0 Å². The van der Waals surface area contributed by atoms with Gasteiger partial charge in [0.25, 0.3) is 0 Å². The lowest BCUT2D eigenvalue weighted by Gasteiger charge is -2.14. The van der Waals surface area contributed by atoms with Crippen molar-refractivity contribution in [2.45, 2.75) is 31.7 Å². The molecule has 0 aromatic carbocycles. The fraction of sp³-hybridized carbons (Fsp3) is 0.900. The molecule has 0 aliphatic rings. The van der Waals surface area contributed by atoms with Gasteiger partial charge in [0.05, 0.1) is 12.7 Å². The van der Waals surface area contributed by atoms with Crippen LogP contribution in [0.4, 0.5) is 0 Å². The van der Waals surface area contributed by atoms with E-state index in [1.165, 1.54) is 0 Å². The highest BCUT2D eigenvalue weighted by Gasteiger charge is 2.15. The third-order valence-corrected chi connectivity index (χ3v) is 2.95. The van der Waals surface area contributed by atoms with Crippen LogP contribution >= 0.6 is 11.8 Å². The van der Waals surface area contributed by atoms with Crippen LogP contribution in [0.3, 0.4) is 0 Å². The monoisotopic (exact) mass is 216 g/mol. The Morgan fingerprint density at radius 2 is 2.14 bits per heavy atom. The number of methoxy groups -OCH3 is 1. The quantitative estimate of drug-likeness (QED) is 0.628. The lowest BCUT2D eigenvalue weighted by atomic mass is 9.99. The Labute approximate surface area is 91.0 Å². The van der Waals surface area contributed by atoms with Crippen LogP contribution in [-0.4, -0.2) is 30.8 Å². The Morgan fingerprint density at radius 1 is 1.43 bits per heavy atom. The predicted molar refractivity (Wildman–Crippen MR) is 61.3 cm³/mol. The van der Waals surface area contributed by atoms with E-state index in [2.05, 4.69) is 6.07 Å². The molecule has 0 saturated heterocycles. The van der Waals surface area contributed by atoms with E-state index in [0.717, 1.165) is 37.4 Å². The maximum atomic E-state index is 8.67. The second-order valence-corrected chi connectivity index (χ2v) is 4.82. The molecular weight excluding hydrogens is 196 g/mol. The summed E-state index contributed by atoms with van der Waals surface area (Å²) in [5.41, 5.74) is 5.05. The summed E-state index contributed by atoms with van der Waals surface area (Å²) in [6.07, 6.45) is 2.94. The molecule has 0 amide bonds. The molecule has 0 bridgehead atoms. The van der Waals surface area contributed by atoms with E-state index in [0.29, 0.717) is 0 Å². The molecule has 0 aliphatic carbocycles. The van der Waals surface area contributed by atoms with E-state index in [9.17, 15) is 0 Å². The molecule has 4 heteroatoms. The van der Waals surface area contributed by atoms with Crippen LogP contribution in [0.15, 0.2) is 0 Å². The van der Waals surface area contributed by atoms with E-state index < -0.39 is 5.54 Å². The van der Waals surface area contributed by atoms with Crippen LogP contribution in [0.25, 0.3) is 0 Å². The molecule has 0 aromatic rings. The van der Waals surface area contributed by atoms with Crippen molar-refractivity contribution in [1.82, 2.24) is 0 Å². The minimum Gasteiger partial charge on any atom is -0.384 e. The minimum atomic E-state index is -0.642. The summed E-state index contributed by atoms with van der Waals surface area (Å²) in [5, 5.41) is 8.67. The highest BCUT2D eigenvalue weighted by atomic mass is 32.2. The zero-order chi connectivity index (χ0) is 10.9. The average molecular weight is 216 g/mol. The molecule has 0 saturated carbocycles. The van der Waals surface area contributed by atoms with Crippen LogP contribution in [0, 0.1) is 11.3 Å². The average Bonchev–Trinajstić information content (AvgIpc) is 2.16. The molecular formula is C10H20N2OS. The van der Waals surface area contributed by atoms with Gasteiger partial charge in [0.2, 0.25) is 0 Å². The van der Waals surface area contributed by atoms with Gasteiger partial charge in [-0.2, -0.15) is 17.0 Å². The number of ether oxygens (including phenoxy) is 1. The Morgan fingerprint density at radius 3 is 2.71 bits per heavy atom. The van der Waals surface area contributed by atoms with E-state index >= 15 is 0 Å². The van der Waals surface area contributed by atoms with Gasteiger partial charge in [-0.3, -0.25) is 0 Å². The van der Waals surface area contributed by atoms with Crippen molar-refractivity contribution in [3.8, 4) is 6.07 Å². The highest BCUT2D eigenvalue weighted by molar-refractivity contribution is 7.99. The molecule has 3 nitrogen and oxygen atoms in total. The second-order valence-electron chi connectivity index (χ2n) is 3.59. The molecule has 0 aromatic heterocycles. The van der Waals surface area contributed by atoms with Gasteiger partial charge < -0.3 is 10.5 Å². The maximum absolute atomic E-state index is 8.67. The van der Waals surface area contributed by atoms with Crippen molar-refractivity contribution in [1.29, 1.82) is 5.26 Å². The van der Waals surface area contributed by atoms with Crippen LogP contribution < -0.4 is 5.73 Å². The molecule has 0 fully saturated rings. The molecule has 0 heterocycles. The number of thioether (sulfide) groups is 1. The normalized spacial score (nSPS) is 14.7. The minimum absolute atomic E-state index is 0.642. The van der Waals surface area contributed by atoms with Gasteiger partial charge in [-0.05, 0) is 31.9 Å². The maximum Gasteiger partial charge on any atom is 0.101 e. The van der Waals surface area contributed by atoms with Crippen molar-refractivity contribution in [3.05, 3.63) is 0 Å². The van der Waals surface area contributed by atoms with Gasteiger partial charge >= 0.3 is 0 Å². The Bertz CT molecular complexity index is 177. The number of unbranched alkanes of at least 4 members (excludes halogenated alkanes) is 1. The summed E-state index contributed by atoms with van der Waals surface area (Å²) in [5.74, 6) is 2.18. The summed E-state index contributed by atoms with van der Waals surface area (Å²) in [6, 6.07) is 2.10. The zero-order valence-electron chi connectivity index (χ0n) is 9.08. The number of nitrogens with zero attached hydrogens (tertiary/aromatic N) is 1. The molecule has 1 unspecified atom stereocenters. The first kappa shape index (κ1) is 13.8. The number of hydrogen-bond acceptors (Lipinski definition) is 4. The molecule has 14 heavy (non-hydrogen) atoms. The zero-order valence-corrected chi connectivity index (χ0v) is 9.90. The van der Waals surface area contributed by atoms with Crippen LogP contribution in [0.5, 0.6) is 0 Å². The summed E-state index contributed by atoms with van der Waals surface area (Å²) in [7, 11) is 1.72. The first-order chi connectivity index (χ1) is 6.62. The van der Waals surface area contributed by atoms with Gasteiger partial charge in [0.15, 0.2) is 0 Å². The van der Waals surface area contributed by atoms with Crippen LogP contribution in [-0.2, 0) is 4.74 Å². The first-order valence-corrected chi connectivity index (χ1v) is 6.04. The summed E-state index contributed by atoms with van der Waals surface area (Å²) in [4.78, 5) is 0. The standard InChI is InChI=1S/C10H20N2OS/c1-10(12,9-11)5-3-4-7-14-8-6-13-2/h3-8,12H2,1-2H3. The van der Waals surface area contributed by atoms with E-state index in [1.807, 2.05) is 11.8 Å². The molecule has 1 atom stereocenters. The van der Waals surface area contributed by atoms with Gasteiger partial charge in [-0.15, -0.1) is 0 Å². The van der Waals surface area contributed by atoms with Gasteiger partial charge in [0, 0.05) is 12.9 Å². The fourth-order valence-corrected chi connectivity index (χ4v) is 1.89. The number of nitrogens with two attached hydrogens (primary N) is 1. The lowest BCUT2D eigenvalue weighted by molar-refractivity contribution is 0.218. The molecule has 0 radical (unpaired) electrons. The van der Waals surface area contributed by atoms with Crippen LogP contribution in [0.2, 0.25) is 0 Å². The van der Waals surface area contributed by atoms with Gasteiger partial charge in [0.1, 0.15) is 5.54 Å². The van der Waals surface area contributed by atoms with Gasteiger partial charge in [-0.1, -0.05) is 0 Å². The van der Waals surface area contributed by atoms with Crippen molar-refractivity contribution < 1.29 is 4.74 Å². The predicted octanol–water partition coefficient (Wildman–Crippen LogP) is 1.78. The molecule has 0 spiro atoms. The van der Waals surface area contributed by atoms with Crippen molar-refractivity contribution >= 4 is 11.8 Å². The van der Waals surface area contributed by atoms with E-state index in [4.69, 9.17) is 15.7 Å². The highest BCUT2D eigenvalue weighted by Crippen LogP contribution is 2.12. The largest absolute Gasteiger partial charge is 0.384 e. The SMILES string of the molecule is COCCSCCCCC(C)(N)C#N. The lowest BCUT2D eigenvalue weighted by Crippen LogP contribution is -2.33. The summed E-state index contributed by atoms with van der Waals surface area (Å²) >= 11 is 1.89. The van der Waals surface area contributed by atoms with Crippen molar-refractivity contribution in [3.63, 3.8) is 0 Å². The Hall–Kier alpha value is -0.240. The van der Waals surface area contributed by atoms with Crippen LogP contribution in [0.1, 0.15) is 26.2 Å². The topological polar surface area (TPSA) is 59.0 Å². The van der Waals surface area contributed by atoms with Crippen molar-refractivity contribution in [2.75, 3.05) is 25.2 Å². The molecule has 82 valence electrons. The Balaban J connectivity index is 3.18. The van der Waals surface area contributed by atoms with Crippen molar-refractivity contribution in [2.24, 2.45) is 5.73 Å². The number of rotatable bonds is 8. The van der Waals surface area contributed by atoms with E-state index in [1.54, 1.807) is 14.0 Å². The summed E-state index contributed by atoms with van der Waals surface area (Å²) < 4.78 is 4.94. The fourth-order valence-electron chi connectivity index (χ4n) is 0.997. The third-order valence-electron chi connectivity index (χ3n) is 1.92. The molecule has 0 aliphatic heterocycles. The first-order valence-electron chi connectivity index (χ1n) is 4.89. The molecule has 0 rings (SSSR count). The second kappa shape index (κ2) is 8.10.